The van der Waals surface area contributed by atoms with E-state index < -0.39 is 0 Å². The first kappa shape index (κ1) is 18.8. The van der Waals surface area contributed by atoms with Gasteiger partial charge in [0, 0.05) is 5.75 Å². The second-order valence-electron chi connectivity index (χ2n) is 6.18. The minimum absolute atomic E-state index is 0.535. The van der Waals surface area contributed by atoms with E-state index >= 15 is 0 Å². The van der Waals surface area contributed by atoms with E-state index in [1.165, 1.54) is 11.1 Å². The lowest BCUT2D eigenvalue weighted by Crippen LogP contribution is -2.01. The van der Waals surface area contributed by atoms with Crippen molar-refractivity contribution in [1.82, 2.24) is 10.2 Å². The first-order valence-electron chi connectivity index (χ1n) is 8.57. The van der Waals surface area contributed by atoms with Gasteiger partial charge in [-0.25, -0.2) is 0 Å². The van der Waals surface area contributed by atoms with Crippen molar-refractivity contribution < 1.29 is 9.15 Å². The molecule has 0 aliphatic heterocycles. The number of nitrogens with zero attached hydrogens (tertiary/aromatic N) is 2. The molecular formula is C19H23N3O2S2. The Hall–Kier alpha value is -1.99. The van der Waals surface area contributed by atoms with Crippen molar-refractivity contribution in [1.29, 1.82) is 0 Å². The lowest BCUT2D eigenvalue weighted by atomic mass is 9.98. The van der Waals surface area contributed by atoms with Crippen molar-refractivity contribution in [3.8, 4) is 5.75 Å². The minimum atomic E-state index is 0.535. The zero-order chi connectivity index (χ0) is 18.4. The first-order chi connectivity index (χ1) is 12.6. The summed E-state index contributed by atoms with van der Waals surface area (Å²) in [7, 11) is 0. The van der Waals surface area contributed by atoms with Crippen molar-refractivity contribution in [3.05, 3.63) is 53.5 Å². The Morgan fingerprint density at radius 1 is 1.27 bits per heavy atom. The monoisotopic (exact) mass is 389 g/mol. The average Bonchev–Trinajstić information content (AvgIpc) is 3.28. The highest BCUT2D eigenvalue weighted by Gasteiger charge is 2.07. The van der Waals surface area contributed by atoms with Crippen LogP contribution < -0.4 is 10.1 Å². The molecular weight excluding hydrogens is 366 g/mol. The van der Waals surface area contributed by atoms with Crippen LogP contribution in [0.5, 0.6) is 5.75 Å². The third kappa shape index (κ3) is 5.25. The van der Waals surface area contributed by atoms with Crippen molar-refractivity contribution in [3.63, 3.8) is 0 Å². The smallest absolute Gasteiger partial charge is 0.206 e. The summed E-state index contributed by atoms with van der Waals surface area (Å²) in [4.78, 5) is 0. The van der Waals surface area contributed by atoms with Crippen LogP contribution in [0.2, 0.25) is 0 Å². The van der Waals surface area contributed by atoms with E-state index in [-0.39, 0.29) is 0 Å². The molecule has 0 bridgehead atoms. The number of furan rings is 1. The number of hydrogen-bond donors (Lipinski definition) is 1. The molecule has 0 aliphatic rings. The largest absolute Gasteiger partial charge is 0.493 e. The number of rotatable bonds is 9. The van der Waals surface area contributed by atoms with Gasteiger partial charge in [-0.2, -0.15) is 0 Å². The highest BCUT2D eigenvalue weighted by Crippen LogP contribution is 2.27. The van der Waals surface area contributed by atoms with Crippen LogP contribution in [-0.2, 0) is 6.54 Å². The van der Waals surface area contributed by atoms with Crippen molar-refractivity contribution in [2.45, 2.75) is 37.6 Å². The minimum Gasteiger partial charge on any atom is -0.493 e. The summed E-state index contributed by atoms with van der Waals surface area (Å²) in [6, 6.07) is 10.1. The van der Waals surface area contributed by atoms with Gasteiger partial charge in [0.2, 0.25) is 5.13 Å². The van der Waals surface area contributed by atoms with Crippen LogP contribution in [-0.4, -0.2) is 22.6 Å². The quantitative estimate of drug-likeness (QED) is 0.393. The van der Waals surface area contributed by atoms with E-state index in [9.17, 15) is 0 Å². The fourth-order valence-corrected chi connectivity index (χ4v) is 4.23. The lowest BCUT2D eigenvalue weighted by Gasteiger charge is -2.12. The van der Waals surface area contributed by atoms with Crippen LogP contribution in [0.4, 0.5) is 5.13 Å². The molecule has 7 heteroatoms. The van der Waals surface area contributed by atoms with Crippen LogP contribution in [0.15, 0.2) is 45.4 Å². The third-order valence-electron chi connectivity index (χ3n) is 3.84. The fourth-order valence-electron chi connectivity index (χ4n) is 2.59. The van der Waals surface area contributed by atoms with Crippen LogP contribution >= 0.6 is 23.1 Å². The van der Waals surface area contributed by atoms with Crippen LogP contribution in [0, 0.1) is 6.92 Å². The third-order valence-corrected chi connectivity index (χ3v) is 5.82. The van der Waals surface area contributed by atoms with Gasteiger partial charge in [0.25, 0.3) is 0 Å². The van der Waals surface area contributed by atoms with Gasteiger partial charge < -0.3 is 14.5 Å². The normalized spacial score (nSPS) is 11.1. The zero-order valence-corrected chi connectivity index (χ0v) is 16.8. The Labute approximate surface area is 162 Å². The molecule has 0 atom stereocenters. The molecule has 5 nitrogen and oxygen atoms in total. The summed E-state index contributed by atoms with van der Waals surface area (Å²) in [5.41, 5.74) is 2.65. The van der Waals surface area contributed by atoms with Gasteiger partial charge in [0.15, 0.2) is 4.34 Å². The highest BCUT2D eigenvalue weighted by molar-refractivity contribution is 8.01. The second kappa shape index (κ2) is 9.09. The second-order valence-corrected chi connectivity index (χ2v) is 8.50. The number of ether oxygens (including phenoxy) is 1. The number of thioether (sulfide) groups is 1. The molecule has 3 rings (SSSR count). The van der Waals surface area contributed by atoms with Crippen LogP contribution in [0.25, 0.3) is 0 Å². The van der Waals surface area contributed by atoms with E-state index in [2.05, 4.69) is 54.5 Å². The van der Waals surface area contributed by atoms with Gasteiger partial charge in [-0.1, -0.05) is 43.0 Å². The Bertz CT molecular complexity index is 816. The zero-order valence-electron chi connectivity index (χ0n) is 15.2. The Balaban J connectivity index is 1.40. The molecule has 0 amide bonds. The lowest BCUT2D eigenvalue weighted by molar-refractivity contribution is 0.343. The Morgan fingerprint density at radius 3 is 2.88 bits per heavy atom. The average molecular weight is 390 g/mol. The molecule has 3 aromatic rings. The molecule has 0 unspecified atom stereocenters. The number of hydrogen-bond acceptors (Lipinski definition) is 7. The van der Waals surface area contributed by atoms with E-state index in [1.54, 1.807) is 29.4 Å². The predicted molar refractivity (Wildman–Crippen MR) is 107 cm³/mol. The van der Waals surface area contributed by atoms with Crippen molar-refractivity contribution in [2.75, 3.05) is 17.7 Å². The molecule has 1 N–H and O–H groups in total. The Morgan fingerprint density at radius 2 is 2.15 bits per heavy atom. The Kier molecular flexibility index (Phi) is 6.57. The number of anilines is 1. The molecule has 0 fully saturated rings. The number of aromatic nitrogens is 2. The van der Waals surface area contributed by atoms with Gasteiger partial charge in [-0.05, 0) is 48.2 Å². The maximum Gasteiger partial charge on any atom is 0.206 e. The van der Waals surface area contributed by atoms with E-state index in [0.717, 1.165) is 26.7 Å². The van der Waals surface area contributed by atoms with E-state index in [4.69, 9.17) is 9.15 Å². The molecule has 1 aromatic carbocycles. The predicted octanol–water partition coefficient (Wildman–Crippen LogP) is 5.35. The van der Waals surface area contributed by atoms with Gasteiger partial charge in [0.1, 0.15) is 11.5 Å². The van der Waals surface area contributed by atoms with Crippen molar-refractivity contribution >= 4 is 28.2 Å². The summed E-state index contributed by atoms with van der Waals surface area (Å²) < 4.78 is 12.1. The summed E-state index contributed by atoms with van der Waals surface area (Å²) in [5, 5.41) is 12.3. The van der Waals surface area contributed by atoms with Crippen LogP contribution in [0.1, 0.15) is 36.7 Å². The summed E-state index contributed by atoms with van der Waals surface area (Å²) in [5.74, 6) is 3.16. The highest BCUT2D eigenvalue weighted by atomic mass is 32.2. The van der Waals surface area contributed by atoms with Crippen LogP contribution in [0.3, 0.4) is 0 Å². The summed E-state index contributed by atoms with van der Waals surface area (Å²) in [6.45, 7) is 7.80. The van der Waals surface area contributed by atoms with Gasteiger partial charge in [0.05, 0.1) is 19.4 Å². The molecule has 0 saturated carbocycles. The molecule has 26 heavy (non-hydrogen) atoms. The maximum absolute atomic E-state index is 5.85. The molecule has 0 spiro atoms. The summed E-state index contributed by atoms with van der Waals surface area (Å²) in [6.07, 6.45) is 1.66. The standard InChI is InChI=1S/C19H23N3O2S2/c1-13(2)17-7-6-15(11-14(17)3)24-9-10-25-19-22-21-18(26-19)20-12-16-5-4-8-23-16/h4-8,11,13H,9-10,12H2,1-3H3,(H,20,21). The molecule has 2 heterocycles. The van der Waals surface area contributed by atoms with E-state index in [0.29, 0.717) is 19.1 Å². The molecule has 0 aliphatic carbocycles. The summed E-state index contributed by atoms with van der Waals surface area (Å²) >= 11 is 3.19. The molecule has 0 saturated heterocycles. The topological polar surface area (TPSA) is 60.2 Å². The van der Waals surface area contributed by atoms with Gasteiger partial charge >= 0.3 is 0 Å². The number of benzene rings is 1. The molecule has 138 valence electrons. The van der Waals surface area contributed by atoms with Crippen molar-refractivity contribution in [2.24, 2.45) is 0 Å². The SMILES string of the molecule is Cc1cc(OCCSc2nnc(NCc3ccco3)s2)ccc1C(C)C. The molecule has 0 radical (unpaired) electrons. The molecule has 2 aromatic heterocycles. The van der Waals surface area contributed by atoms with E-state index in [1.807, 2.05) is 12.1 Å². The van der Waals surface area contributed by atoms with Gasteiger partial charge in [-0.15, -0.1) is 10.2 Å². The number of aryl methyl sites for hydroxylation is 1. The first-order valence-corrected chi connectivity index (χ1v) is 10.4. The van der Waals surface area contributed by atoms with Gasteiger partial charge in [-0.3, -0.25) is 0 Å². The number of nitrogens with one attached hydrogen (secondary N) is 1. The maximum atomic E-state index is 5.85. The fraction of sp³-hybridized carbons (Fsp3) is 0.368.